The molecule has 0 aliphatic heterocycles. The maximum absolute atomic E-state index is 12.7. The quantitative estimate of drug-likeness (QED) is 0.562. The van der Waals surface area contributed by atoms with E-state index in [9.17, 15) is 19.7 Å². The number of fused-ring (bicyclic) bond motifs is 3. The van der Waals surface area contributed by atoms with Crippen molar-refractivity contribution < 1.29 is 14.5 Å². The first-order valence-electron chi connectivity index (χ1n) is 8.18. The summed E-state index contributed by atoms with van der Waals surface area (Å²) in [5.74, 6) is -0.728. The normalized spacial score (nSPS) is 27.5. The molecule has 9 nitrogen and oxygen atoms in total. The van der Waals surface area contributed by atoms with Gasteiger partial charge in [0.25, 0.3) is 11.6 Å². The van der Waals surface area contributed by atoms with Gasteiger partial charge in [0.15, 0.2) is 5.69 Å². The number of rotatable bonds is 4. The molecule has 4 N–H and O–H groups in total. The Morgan fingerprint density at radius 1 is 1.32 bits per heavy atom. The van der Waals surface area contributed by atoms with Crippen molar-refractivity contribution in [3.05, 3.63) is 34.0 Å². The van der Waals surface area contributed by atoms with Crippen LogP contribution in [0.15, 0.2) is 18.2 Å². The Balaban J connectivity index is 1.63. The molecule has 2 fully saturated rings. The van der Waals surface area contributed by atoms with Crippen LogP contribution in [-0.2, 0) is 4.79 Å². The highest BCUT2D eigenvalue weighted by Crippen LogP contribution is 2.48. The highest BCUT2D eigenvalue weighted by atomic mass is 16.6. The second kappa shape index (κ2) is 5.54. The van der Waals surface area contributed by atoms with Crippen LogP contribution in [0, 0.1) is 27.9 Å². The van der Waals surface area contributed by atoms with Crippen molar-refractivity contribution >= 4 is 28.4 Å². The van der Waals surface area contributed by atoms with Crippen molar-refractivity contribution in [2.24, 2.45) is 23.5 Å². The van der Waals surface area contributed by atoms with Gasteiger partial charge in [-0.15, -0.1) is 0 Å². The average molecular weight is 343 g/mol. The summed E-state index contributed by atoms with van der Waals surface area (Å²) >= 11 is 0. The van der Waals surface area contributed by atoms with Gasteiger partial charge in [-0.2, -0.15) is 5.10 Å². The van der Waals surface area contributed by atoms with Crippen molar-refractivity contribution in [2.45, 2.75) is 25.3 Å². The van der Waals surface area contributed by atoms with Gasteiger partial charge in [-0.25, -0.2) is 0 Å². The number of benzene rings is 1. The van der Waals surface area contributed by atoms with Crippen LogP contribution in [0.4, 0.5) is 5.69 Å². The molecule has 0 spiro atoms. The molecule has 9 heteroatoms. The predicted octanol–water partition coefficient (Wildman–Crippen LogP) is 1.10. The van der Waals surface area contributed by atoms with E-state index in [1.165, 1.54) is 18.2 Å². The molecule has 0 radical (unpaired) electrons. The lowest BCUT2D eigenvalue weighted by Crippen LogP contribution is -2.48. The summed E-state index contributed by atoms with van der Waals surface area (Å²) in [6, 6.07) is 3.89. The van der Waals surface area contributed by atoms with Gasteiger partial charge >= 0.3 is 0 Å². The summed E-state index contributed by atoms with van der Waals surface area (Å²) in [6.07, 6.45) is 2.82. The van der Waals surface area contributed by atoms with Crippen LogP contribution in [0.1, 0.15) is 29.8 Å². The minimum absolute atomic E-state index is 0.0877. The smallest absolute Gasteiger partial charge is 0.272 e. The van der Waals surface area contributed by atoms with Gasteiger partial charge in [-0.1, -0.05) is 0 Å². The summed E-state index contributed by atoms with van der Waals surface area (Å²) in [7, 11) is 0. The van der Waals surface area contributed by atoms with E-state index in [1.54, 1.807) is 0 Å². The van der Waals surface area contributed by atoms with E-state index in [4.69, 9.17) is 5.73 Å². The van der Waals surface area contributed by atoms with Gasteiger partial charge in [0.2, 0.25) is 5.91 Å². The standard InChI is InChI=1S/C16H17N5O4/c17-15(22)12-7-1-2-8(5-7)13(12)18-16(23)14-10-6-9(21(24)25)3-4-11(10)19-20-14/h3-4,6-8,12-13H,1-2,5H2,(H2,17,22)(H,18,23)(H,19,20)/t7-,8-,12-,13-/m0/s1. The second-order valence-electron chi connectivity index (χ2n) is 6.82. The van der Waals surface area contributed by atoms with E-state index in [-0.39, 0.29) is 41.1 Å². The van der Waals surface area contributed by atoms with E-state index < -0.39 is 10.8 Å². The number of nitro groups is 1. The number of aromatic amines is 1. The number of primary amides is 1. The maximum Gasteiger partial charge on any atom is 0.272 e. The molecule has 2 saturated carbocycles. The molecule has 2 aromatic rings. The monoisotopic (exact) mass is 343 g/mol. The third-order valence-corrected chi connectivity index (χ3v) is 5.51. The topological polar surface area (TPSA) is 144 Å². The Morgan fingerprint density at radius 2 is 2.08 bits per heavy atom. The van der Waals surface area contributed by atoms with E-state index >= 15 is 0 Å². The number of non-ortho nitro benzene ring substituents is 1. The lowest BCUT2D eigenvalue weighted by molar-refractivity contribution is -0.384. The molecule has 0 saturated heterocycles. The number of carbonyl (C=O) groups is 2. The van der Waals surface area contributed by atoms with Crippen LogP contribution in [0.2, 0.25) is 0 Å². The lowest BCUT2D eigenvalue weighted by atomic mass is 9.84. The molecule has 1 aromatic carbocycles. The van der Waals surface area contributed by atoms with Crippen LogP contribution < -0.4 is 11.1 Å². The number of nitrogens with zero attached hydrogens (tertiary/aromatic N) is 2. The largest absolute Gasteiger partial charge is 0.369 e. The number of hydrogen-bond donors (Lipinski definition) is 3. The molecule has 2 aliphatic rings. The number of hydrogen-bond acceptors (Lipinski definition) is 5. The summed E-state index contributed by atoms with van der Waals surface area (Å²) < 4.78 is 0. The molecule has 25 heavy (non-hydrogen) atoms. The molecule has 1 aromatic heterocycles. The van der Waals surface area contributed by atoms with Crippen molar-refractivity contribution in [2.75, 3.05) is 0 Å². The number of nitrogens with one attached hydrogen (secondary N) is 2. The molecule has 4 rings (SSSR count). The number of carbonyl (C=O) groups excluding carboxylic acids is 2. The van der Waals surface area contributed by atoms with Crippen molar-refractivity contribution in [3.63, 3.8) is 0 Å². The lowest BCUT2D eigenvalue weighted by Gasteiger charge is -2.29. The predicted molar refractivity (Wildman–Crippen MR) is 87.5 cm³/mol. The molecule has 2 bridgehead atoms. The van der Waals surface area contributed by atoms with Gasteiger partial charge in [-0.3, -0.25) is 24.8 Å². The zero-order chi connectivity index (χ0) is 17.7. The fraction of sp³-hybridized carbons (Fsp3) is 0.438. The Morgan fingerprint density at radius 3 is 2.80 bits per heavy atom. The minimum atomic E-state index is -0.521. The fourth-order valence-electron chi connectivity index (χ4n) is 4.42. The van der Waals surface area contributed by atoms with Gasteiger partial charge in [0.05, 0.1) is 16.4 Å². The van der Waals surface area contributed by atoms with Crippen LogP contribution in [0.25, 0.3) is 10.9 Å². The first-order chi connectivity index (χ1) is 12.0. The first-order valence-corrected chi connectivity index (χ1v) is 8.18. The van der Waals surface area contributed by atoms with Crippen molar-refractivity contribution in [1.29, 1.82) is 0 Å². The molecule has 2 aliphatic carbocycles. The summed E-state index contributed by atoms with van der Waals surface area (Å²) in [6.45, 7) is 0. The zero-order valence-electron chi connectivity index (χ0n) is 13.3. The van der Waals surface area contributed by atoms with Crippen molar-refractivity contribution in [1.82, 2.24) is 15.5 Å². The number of aromatic nitrogens is 2. The third kappa shape index (κ3) is 2.43. The molecule has 4 atom stereocenters. The Labute approximate surface area is 142 Å². The van der Waals surface area contributed by atoms with Gasteiger partial charge in [0, 0.05) is 23.6 Å². The van der Waals surface area contributed by atoms with Crippen LogP contribution in [-0.4, -0.2) is 33.0 Å². The molecular weight excluding hydrogens is 326 g/mol. The number of amides is 2. The molecule has 130 valence electrons. The fourth-order valence-corrected chi connectivity index (χ4v) is 4.42. The second-order valence-corrected chi connectivity index (χ2v) is 6.82. The third-order valence-electron chi connectivity index (χ3n) is 5.51. The number of H-pyrrole nitrogens is 1. The Kier molecular flexibility index (Phi) is 3.45. The highest BCUT2D eigenvalue weighted by molar-refractivity contribution is 6.05. The maximum atomic E-state index is 12.7. The van der Waals surface area contributed by atoms with E-state index in [1.807, 2.05) is 0 Å². The Bertz CT molecular complexity index is 892. The van der Waals surface area contributed by atoms with Gasteiger partial charge in [-0.05, 0) is 37.2 Å². The molecule has 2 amide bonds. The van der Waals surface area contributed by atoms with Gasteiger partial charge in [0.1, 0.15) is 0 Å². The first kappa shape index (κ1) is 15.6. The van der Waals surface area contributed by atoms with Gasteiger partial charge < -0.3 is 11.1 Å². The van der Waals surface area contributed by atoms with Crippen LogP contribution >= 0.6 is 0 Å². The van der Waals surface area contributed by atoms with Crippen LogP contribution in [0.3, 0.4) is 0 Å². The summed E-state index contributed by atoms with van der Waals surface area (Å²) in [5.41, 5.74) is 6.04. The highest BCUT2D eigenvalue weighted by Gasteiger charge is 2.50. The zero-order valence-corrected chi connectivity index (χ0v) is 13.3. The van der Waals surface area contributed by atoms with E-state index in [2.05, 4.69) is 15.5 Å². The SMILES string of the molecule is NC(=O)[C@H]1[C@H]2CC[C@@H](C2)[C@@H]1NC(=O)c1n[nH]c2ccc([N+](=O)[O-])cc12. The Hall–Kier alpha value is -2.97. The number of nitro benzene ring substituents is 1. The van der Waals surface area contributed by atoms with Crippen LogP contribution in [0.5, 0.6) is 0 Å². The summed E-state index contributed by atoms with van der Waals surface area (Å²) in [5, 5.41) is 20.9. The average Bonchev–Trinajstić information content (AvgIpc) is 3.27. The van der Waals surface area contributed by atoms with Crippen molar-refractivity contribution in [3.8, 4) is 0 Å². The molecule has 0 unspecified atom stereocenters. The minimum Gasteiger partial charge on any atom is -0.369 e. The van der Waals surface area contributed by atoms with E-state index in [0.717, 1.165) is 19.3 Å². The molecule has 1 heterocycles. The van der Waals surface area contributed by atoms with E-state index in [0.29, 0.717) is 10.9 Å². The molecular formula is C16H17N5O4. The number of nitrogens with two attached hydrogens (primary N) is 1. The summed E-state index contributed by atoms with van der Waals surface area (Å²) in [4.78, 5) is 34.9.